The average Bonchev–Trinajstić information content (AvgIpc) is 2.45. The number of ketones is 1. The van der Waals surface area contributed by atoms with Crippen LogP contribution in [0, 0.1) is 0 Å². The molecular formula is C18H11ClO. The van der Waals surface area contributed by atoms with Gasteiger partial charge < -0.3 is 0 Å². The van der Waals surface area contributed by atoms with Gasteiger partial charge in [0, 0.05) is 16.8 Å². The van der Waals surface area contributed by atoms with Gasteiger partial charge in [0.25, 0.3) is 0 Å². The third-order valence-corrected chi connectivity index (χ3v) is 4.17. The monoisotopic (exact) mass is 278 g/mol. The van der Waals surface area contributed by atoms with Crippen molar-refractivity contribution >= 4 is 51.1 Å². The van der Waals surface area contributed by atoms with E-state index >= 15 is 0 Å². The Bertz CT molecular complexity index is 999. The van der Waals surface area contributed by atoms with Crippen molar-refractivity contribution < 1.29 is 4.79 Å². The van der Waals surface area contributed by atoms with Crippen LogP contribution >= 0.6 is 11.6 Å². The second-order valence-corrected chi connectivity index (χ2v) is 5.53. The van der Waals surface area contributed by atoms with E-state index in [2.05, 4.69) is 30.3 Å². The lowest BCUT2D eigenvalue weighted by Gasteiger charge is -2.08. The number of rotatable bonds is 0. The Balaban J connectivity index is 2.26. The summed E-state index contributed by atoms with van der Waals surface area (Å²) >= 11 is 6.37. The van der Waals surface area contributed by atoms with Crippen LogP contribution in [0.1, 0.15) is 6.42 Å². The van der Waals surface area contributed by atoms with E-state index < -0.39 is 0 Å². The lowest BCUT2D eigenvalue weighted by molar-refractivity contribution is -0.112. The number of hydrogen-bond donors (Lipinski definition) is 0. The molecule has 0 N–H and O–H groups in total. The van der Waals surface area contributed by atoms with Gasteiger partial charge in [-0.2, -0.15) is 0 Å². The molecule has 0 amide bonds. The average molecular weight is 279 g/mol. The van der Waals surface area contributed by atoms with Gasteiger partial charge in [-0.05, 0) is 50.9 Å². The minimum atomic E-state index is 0.163. The molecule has 3 aromatic carbocycles. The molecule has 0 saturated heterocycles. The predicted octanol–water partition coefficient (Wildman–Crippen LogP) is 3.18. The molecule has 0 aliphatic heterocycles. The SMILES string of the molecule is O=C1C=c2cc3ccc4cccc(Cl)c4c3cc2=CC1. The van der Waals surface area contributed by atoms with Crippen molar-refractivity contribution in [3.8, 4) is 0 Å². The van der Waals surface area contributed by atoms with Crippen molar-refractivity contribution in [2.24, 2.45) is 0 Å². The van der Waals surface area contributed by atoms with Gasteiger partial charge in [0.15, 0.2) is 5.78 Å². The van der Waals surface area contributed by atoms with Gasteiger partial charge in [0.05, 0.1) is 0 Å². The van der Waals surface area contributed by atoms with E-state index in [-0.39, 0.29) is 5.78 Å². The largest absolute Gasteiger partial charge is 0.294 e. The van der Waals surface area contributed by atoms with E-state index in [4.69, 9.17) is 11.6 Å². The van der Waals surface area contributed by atoms with Crippen molar-refractivity contribution in [2.45, 2.75) is 6.42 Å². The van der Waals surface area contributed by atoms with Crippen LogP contribution in [-0.4, -0.2) is 5.78 Å². The van der Waals surface area contributed by atoms with Crippen LogP contribution in [0.2, 0.25) is 5.02 Å². The molecule has 1 aliphatic rings. The summed E-state index contributed by atoms with van der Waals surface area (Å²) < 4.78 is 0. The Morgan fingerprint density at radius 2 is 1.80 bits per heavy atom. The number of benzene rings is 3. The van der Waals surface area contributed by atoms with Crippen molar-refractivity contribution in [3.05, 3.63) is 57.9 Å². The molecule has 1 aliphatic carbocycles. The number of carbonyl (C=O) groups is 1. The zero-order valence-corrected chi connectivity index (χ0v) is 11.4. The van der Waals surface area contributed by atoms with Gasteiger partial charge >= 0.3 is 0 Å². The quantitative estimate of drug-likeness (QED) is 0.577. The van der Waals surface area contributed by atoms with E-state index in [1.807, 2.05) is 18.2 Å². The zero-order chi connectivity index (χ0) is 13.7. The molecule has 0 unspecified atom stereocenters. The number of fused-ring (bicyclic) bond motifs is 4. The van der Waals surface area contributed by atoms with Crippen molar-refractivity contribution in [1.29, 1.82) is 0 Å². The lowest BCUT2D eigenvalue weighted by atomic mass is 9.98. The fourth-order valence-corrected chi connectivity index (χ4v) is 3.18. The van der Waals surface area contributed by atoms with E-state index in [0.717, 1.165) is 37.0 Å². The molecule has 0 fully saturated rings. The smallest absolute Gasteiger partial charge is 0.160 e. The molecular weight excluding hydrogens is 268 g/mol. The second-order valence-electron chi connectivity index (χ2n) is 5.12. The molecule has 0 spiro atoms. The third kappa shape index (κ3) is 1.67. The summed E-state index contributed by atoms with van der Waals surface area (Å²) in [7, 11) is 0. The standard InChI is InChI=1S/C18H11ClO/c19-17-3-1-2-11-4-5-13-8-14-9-15(20)7-6-12(14)10-16(13)18(11)17/h1-6,8-10H,7H2. The van der Waals surface area contributed by atoms with E-state index in [1.165, 1.54) is 0 Å². The van der Waals surface area contributed by atoms with Crippen molar-refractivity contribution in [3.63, 3.8) is 0 Å². The van der Waals surface area contributed by atoms with Crippen LogP contribution in [0.5, 0.6) is 0 Å². The second kappa shape index (κ2) is 4.19. The van der Waals surface area contributed by atoms with Crippen LogP contribution in [-0.2, 0) is 4.79 Å². The normalized spacial score (nSPS) is 13.9. The maximum absolute atomic E-state index is 11.5. The predicted molar refractivity (Wildman–Crippen MR) is 84.3 cm³/mol. The van der Waals surface area contributed by atoms with Crippen LogP contribution in [0.15, 0.2) is 42.5 Å². The van der Waals surface area contributed by atoms with Gasteiger partial charge in [-0.3, -0.25) is 4.79 Å². The summed E-state index contributed by atoms with van der Waals surface area (Å²) in [6.07, 6.45) is 4.20. The highest BCUT2D eigenvalue weighted by atomic mass is 35.5. The Labute approximate surface area is 120 Å². The Hall–Kier alpha value is -2.12. The van der Waals surface area contributed by atoms with Crippen LogP contribution < -0.4 is 10.4 Å². The first kappa shape index (κ1) is 11.7. The first-order valence-electron chi connectivity index (χ1n) is 6.58. The highest BCUT2D eigenvalue weighted by Gasteiger charge is 2.07. The minimum absolute atomic E-state index is 0.163. The van der Waals surface area contributed by atoms with Gasteiger partial charge in [-0.15, -0.1) is 0 Å². The molecule has 0 saturated carbocycles. The Kier molecular flexibility index (Phi) is 2.45. The van der Waals surface area contributed by atoms with E-state index in [9.17, 15) is 4.79 Å². The zero-order valence-electron chi connectivity index (χ0n) is 10.7. The molecule has 0 heterocycles. The molecule has 96 valence electrons. The summed E-state index contributed by atoms with van der Waals surface area (Å²) in [5, 5.41) is 7.36. The summed E-state index contributed by atoms with van der Waals surface area (Å²) in [6, 6.07) is 14.3. The number of halogens is 1. The minimum Gasteiger partial charge on any atom is -0.294 e. The van der Waals surface area contributed by atoms with Gasteiger partial charge in [-0.1, -0.05) is 41.9 Å². The van der Waals surface area contributed by atoms with Crippen molar-refractivity contribution in [2.75, 3.05) is 0 Å². The number of carbonyl (C=O) groups excluding carboxylic acids is 1. The molecule has 0 atom stereocenters. The molecule has 0 bridgehead atoms. The fourth-order valence-electron chi connectivity index (χ4n) is 2.89. The maximum atomic E-state index is 11.5. The van der Waals surface area contributed by atoms with E-state index in [0.29, 0.717) is 6.42 Å². The first-order valence-corrected chi connectivity index (χ1v) is 6.96. The molecule has 20 heavy (non-hydrogen) atoms. The van der Waals surface area contributed by atoms with Crippen LogP contribution in [0.4, 0.5) is 0 Å². The summed E-state index contributed by atoms with van der Waals surface area (Å²) in [5.74, 6) is 0.163. The lowest BCUT2D eigenvalue weighted by Crippen LogP contribution is -2.28. The highest BCUT2D eigenvalue weighted by Crippen LogP contribution is 2.29. The van der Waals surface area contributed by atoms with E-state index in [1.54, 1.807) is 6.08 Å². The molecule has 3 aromatic rings. The number of Topliss-reactive ketones (excluding diaryl/α,β-unsaturated/α-hetero) is 1. The Morgan fingerprint density at radius 1 is 0.950 bits per heavy atom. The molecule has 2 heteroatoms. The summed E-state index contributed by atoms with van der Waals surface area (Å²) in [6.45, 7) is 0. The topological polar surface area (TPSA) is 17.1 Å². The van der Waals surface area contributed by atoms with Crippen LogP contribution in [0.25, 0.3) is 33.7 Å². The van der Waals surface area contributed by atoms with Gasteiger partial charge in [0.2, 0.25) is 0 Å². The fraction of sp³-hybridized carbons (Fsp3) is 0.0556. The summed E-state index contributed by atoms with van der Waals surface area (Å²) in [4.78, 5) is 11.5. The van der Waals surface area contributed by atoms with Gasteiger partial charge in [0.1, 0.15) is 0 Å². The third-order valence-electron chi connectivity index (χ3n) is 3.85. The first-order chi connectivity index (χ1) is 9.72. The Morgan fingerprint density at radius 3 is 2.70 bits per heavy atom. The van der Waals surface area contributed by atoms with Crippen LogP contribution in [0.3, 0.4) is 0 Å². The maximum Gasteiger partial charge on any atom is 0.160 e. The van der Waals surface area contributed by atoms with Crippen molar-refractivity contribution in [1.82, 2.24) is 0 Å². The molecule has 4 rings (SSSR count). The van der Waals surface area contributed by atoms with Gasteiger partial charge in [-0.25, -0.2) is 0 Å². The molecule has 0 radical (unpaired) electrons. The highest BCUT2D eigenvalue weighted by molar-refractivity contribution is 6.37. The number of hydrogen-bond acceptors (Lipinski definition) is 1. The molecule has 1 nitrogen and oxygen atoms in total. The summed E-state index contributed by atoms with van der Waals surface area (Å²) in [5.41, 5.74) is 0. The molecule has 0 aromatic heterocycles.